The molecule has 19 heavy (non-hydrogen) atoms. The summed E-state index contributed by atoms with van der Waals surface area (Å²) in [6.07, 6.45) is -0.458. The van der Waals surface area contributed by atoms with E-state index in [4.69, 9.17) is 4.74 Å². The molecule has 0 aromatic heterocycles. The van der Waals surface area contributed by atoms with Crippen LogP contribution in [0.3, 0.4) is 0 Å². The smallest absolute Gasteiger partial charge is 0.308 e. The van der Waals surface area contributed by atoms with Crippen LogP contribution in [0.25, 0.3) is 11.1 Å². The van der Waals surface area contributed by atoms with E-state index < -0.39 is 6.10 Å². The summed E-state index contributed by atoms with van der Waals surface area (Å²) in [5, 5.41) is 9.46. The summed E-state index contributed by atoms with van der Waals surface area (Å²) >= 11 is 0. The van der Waals surface area contributed by atoms with Gasteiger partial charge in [-0.3, -0.25) is 4.79 Å². The minimum absolute atomic E-state index is 0.325. The number of hydrogen-bond donors (Lipinski definition) is 1. The Hall–Kier alpha value is -2.13. The third-order valence-corrected chi connectivity index (χ3v) is 2.84. The molecular formula is C16H16O3. The molecule has 0 aliphatic heterocycles. The number of esters is 1. The third-order valence-electron chi connectivity index (χ3n) is 2.84. The van der Waals surface area contributed by atoms with E-state index in [-0.39, 0.29) is 5.97 Å². The average Bonchev–Trinajstić information content (AvgIpc) is 2.39. The number of rotatable bonds is 3. The molecule has 0 saturated carbocycles. The first-order valence-electron chi connectivity index (χ1n) is 6.13. The second kappa shape index (κ2) is 5.67. The third kappa shape index (κ3) is 3.42. The fraction of sp³-hybridized carbons (Fsp3) is 0.188. The fourth-order valence-electron chi connectivity index (χ4n) is 1.84. The lowest BCUT2D eigenvalue weighted by molar-refractivity contribution is -0.131. The highest BCUT2D eigenvalue weighted by Gasteiger charge is 2.03. The molecule has 0 aliphatic carbocycles. The van der Waals surface area contributed by atoms with E-state index in [0.29, 0.717) is 5.75 Å². The highest BCUT2D eigenvalue weighted by atomic mass is 16.5. The van der Waals surface area contributed by atoms with Gasteiger partial charge in [-0.2, -0.15) is 0 Å². The van der Waals surface area contributed by atoms with Crippen molar-refractivity contribution in [2.45, 2.75) is 20.0 Å². The van der Waals surface area contributed by atoms with Crippen molar-refractivity contribution in [2.24, 2.45) is 0 Å². The summed E-state index contributed by atoms with van der Waals surface area (Å²) in [5.74, 6) is 0.214. The van der Waals surface area contributed by atoms with E-state index in [9.17, 15) is 9.90 Å². The number of aliphatic hydroxyl groups excluding tert-OH is 1. The maximum atomic E-state index is 10.8. The van der Waals surface area contributed by atoms with E-state index in [1.165, 1.54) is 6.92 Å². The van der Waals surface area contributed by atoms with Crippen molar-refractivity contribution in [3.8, 4) is 16.9 Å². The topological polar surface area (TPSA) is 46.5 Å². The number of hydrogen-bond acceptors (Lipinski definition) is 3. The van der Waals surface area contributed by atoms with E-state index in [0.717, 1.165) is 16.7 Å². The summed E-state index contributed by atoms with van der Waals surface area (Å²) in [5.41, 5.74) is 2.98. The highest BCUT2D eigenvalue weighted by molar-refractivity contribution is 5.70. The van der Waals surface area contributed by atoms with Gasteiger partial charge in [-0.25, -0.2) is 0 Å². The van der Waals surface area contributed by atoms with Crippen molar-refractivity contribution in [1.82, 2.24) is 0 Å². The van der Waals surface area contributed by atoms with Crippen LogP contribution in [0.5, 0.6) is 5.75 Å². The van der Waals surface area contributed by atoms with Crippen molar-refractivity contribution in [3.63, 3.8) is 0 Å². The Morgan fingerprint density at radius 2 is 1.47 bits per heavy atom. The van der Waals surface area contributed by atoms with Gasteiger partial charge in [-0.1, -0.05) is 36.4 Å². The van der Waals surface area contributed by atoms with Gasteiger partial charge in [-0.05, 0) is 35.7 Å². The zero-order valence-electron chi connectivity index (χ0n) is 11.0. The Morgan fingerprint density at radius 1 is 1.00 bits per heavy atom. The molecule has 0 heterocycles. The monoisotopic (exact) mass is 256 g/mol. The van der Waals surface area contributed by atoms with Gasteiger partial charge in [0, 0.05) is 6.92 Å². The first-order valence-corrected chi connectivity index (χ1v) is 6.13. The van der Waals surface area contributed by atoms with Gasteiger partial charge in [0.15, 0.2) is 0 Å². The van der Waals surface area contributed by atoms with Gasteiger partial charge in [-0.15, -0.1) is 0 Å². The molecule has 0 bridgehead atoms. The van der Waals surface area contributed by atoms with Crippen LogP contribution < -0.4 is 4.74 Å². The Labute approximate surface area is 112 Å². The van der Waals surface area contributed by atoms with E-state index >= 15 is 0 Å². The minimum atomic E-state index is -0.458. The van der Waals surface area contributed by atoms with Crippen LogP contribution in [-0.2, 0) is 4.79 Å². The minimum Gasteiger partial charge on any atom is -0.427 e. The number of benzene rings is 2. The SMILES string of the molecule is CC(=O)Oc1ccc(-c2ccc(C(C)O)cc2)cc1. The predicted octanol–water partition coefficient (Wildman–Crippen LogP) is 3.33. The molecule has 2 aromatic carbocycles. The largest absolute Gasteiger partial charge is 0.427 e. The van der Waals surface area contributed by atoms with Gasteiger partial charge < -0.3 is 9.84 Å². The van der Waals surface area contributed by atoms with Crippen molar-refractivity contribution in [2.75, 3.05) is 0 Å². The van der Waals surface area contributed by atoms with Crippen LogP contribution in [0.4, 0.5) is 0 Å². The molecule has 1 atom stereocenters. The first-order chi connectivity index (χ1) is 9.06. The molecule has 0 saturated heterocycles. The van der Waals surface area contributed by atoms with Crippen LogP contribution in [-0.4, -0.2) is 11.1 Å². The summed E-state index contributed by atoms with van der Waals surface area (Å²) in [4.78, 5) is 10.8. The number of carbonyl (C=O) groups excluding carboxylic acids is 1. The average molecular weight is 256 g/mol. The van der Waals surface area contributed by atoms with Gasteiger partial charge in [0.1, 0.15) is 5.75 Å². The summed E-state index contributed by atoms with van der Waals surface area (Å²) in [7, 11) is 0. The highest BCUT2D eigenvalue weighted by Crippen LogP contribution is 2.24. The van der Waals surface area contributed by atoms with Crippen molar-refractivity contribution >= 4 is 5.97 Å². The molecule has 0 aliphatic rings. The fourth-order valence-corrected chi connectivity index (χ4v) is 1.84. The number of ether oxygens (including phenoxy) is 1. The quantitative estimate of drug-likeness (QED) is 0.676. The van der Waals surface area contributed by atoms with Gasteiger partial charge in [0.05, 0.1) is 6.10 Å². The van der Waals surface area contributed by atoms with Gasteiger partial charge in [0.25, 0.3) is 0 Å². The molecule has 3 nitrogen and oxygen atoms in total. The molecular weight excluding hydrogens is 240 g/mol. The molecule has 2 aromatic rings. The van der Waals surface area contributed by atoms with E-state index in [1.807, 2.05) is 36.4 Å². The van der Waals surface area contributed by atoms with Gasteiger partial charge in [0.2, 0.25) is 0 Å². The molecule has 98 valence electrons. The normalized spacial score (nSPS) is 11.9. The molecule has 0 spiro atoms. The number of aliphatic hydroxyl groups is 1. The maximum absolute atomic E-state index is 10.8. The second-order valence-electron chi connectivity index (χ2n) is 4.42. The van der Waals surface area contributed by atoms with Gasteiger partial charge >= 0.3 is 5.97 Å². The van der Waals surface area contributed by atoms with Crippen molar-refractivity contribution in [1.29, 1.82) is 0 Å². The Morgan fingerprint density at radius 3 is 1.89 bits per heavy atom. The summed E-state index contributed by atoms with van der Waals surface area (Å²) in [6, 6.07) is 15.1. The molecule has 2 rings (SSSR count). The first kappa shape index (κ1) is 13.3. The summed E-state index contributed by atoms with van der Waals surface area (Å²) in [6.45, 7) is 3.12. The lowest BCUT2D eigenvalue weighted by Gasteiger charge is -2.07. The van der Waals surface area contributed by atoms with Crippen molar-refractivity contribution in [3.05, 3.63) is 54.1 Å². The Balaban J connectivity index is 2.19. The second-order valence-corrected chi connectivity index (χ2v) is 4.42. The van der Waals surface area contributed by atoms with E-state index in [1.54, 1.807) is 19.1 Å². The van der Waals surface area contributed by atoms with E-state index in [2.05, 4.69) is 0 Å². The maximum Gasteiger partial charge on any atom is 0.308 e. The predicted molar refractivity (Wildman–Crippen MR) is 73.8 cm³/mol. The molecule has 1 unspecified atom stereocenters. The molecule has 3 heteroatoms. The Bertz CT molecular complexity index is 554. The van der Waals surface area contributed by atoms with Crippen LogP contribution >= 0.6 is 0 Å². The molecule has 1 N–H and O–H groups in total. The zero-order valence-corrected chi connectivity index (χ0v) is 11.0. The lowest BCUT2D eigenvalue weighted by atomic mass is 10.0. The lowest BCUT2D eigenvalue weighted by Crippen LogP contribution is -2.00. The number of carbonyl (C=O) groups is 1. The van der Waals surface area contributed by atoms with Crippen LogP contribution in [0.15, 0.2) is 48.5 Å². The van der Waals surface area contributed by atoms with Crippen molar-refractivity contribution < 1.29 is 14.6 Å². The molecule has 0 radical (unpaired) electrons. The zero-order chi connectivity index (χ0) is 13.8. The Kier molecular flexibility index (Phi) is 3.97. The van der Waals surface area contributed by atoms with Crippen LogP contribution in [0, 0.1) is 0 Å². The van der Waals surface area contributed by atoms with Crippen LogP contribution in [0.2, 0.25) is 0 Å². The molecule has 0 fully saturated rings. The standard InChI is InChI=1S/C16H16O3/c1-11(17)13-3-5-14(6-4-13)15-7-9-16(10-8-15)19-12(2)18/h3-11,17H,1-2H3. The molecule has 0 amide bonds. The summed E-state index contributed by atoms with van der Waals surface area (Å²) < 4.78 is 4.98. The van der Waals surface area contributed by atoms with Crippen LogP contribution in [0.1, 0.15) is 25.5 Å².